The quantitative estimate of drug-likeness (QED) is 0.586. The molecule has 5 nitrogen and oxygen atoms in total. The molecule has 6 heteroatoms. The van der Waals surface area contributed by atoms with Gasteiger partial charge in [-0.25, -0.2) is 4.99 Å². The first-order valence-electron chi connectivity index (χ1n) is 8.45. The standard InChI is InChI=1S/C18H32N4OS/c1-14(9-10-18(2,3)4)21-17(20-13-16(23)22(5)6)19-12-15-8-7-11-24-15/h7-8,11,14H,9-10,12-13H2,1-6H3,(H2,19,20,21). The molecule has 2 N–H and O–H groups in total. The van der Waals surface area contributed by atoms with Crippen molar-refractivity contribution in [3.8, 4) is 0 Å². The molecule has 1 aromatic rings. The summed E-state index contributed by atoms with van der Waals surface area (Å²) in [6, 6.07) is 4.42. The Labute approximate surface area is 150 Å². The number of thiophene rings is 1. The van der Waals surface area contributed by atoms with Gasteiger partial charge in [0.05, 0.1) is 6.54 Å². The number of carbonyl (C=O) groups excluding carboxylic acids is 1. The predicted octanol–water partition coefficient (Wildman–Crippen LogP) is 3.09. The zero-order valence-electron chi connectivity index (χ0n) is 15.8. The summed E-state index contributed by atoms with van der Waals surface area (Å²) in [5, 5.41) is 8.80. The van der Waals surface area contributed by atoms with Gasteiger partial charge in [0.15, 0.2) is 5.96 Å². The first-order valence-corrected chi connectivity index (χ1v) is 9.33. The van der Waals surface area contributed by atoms with Crippen LogP contribution < -0.4 is 10.6 Å². The average Bonchev–Trinajstić information content (AvgIpc) is 3.00. The molecule has 0 aliphatic carbocycles. The molecule has 0 aliphatic heterocycles. The summed E-state index contributed by atoms with van der Waals surface area (Å²) in [7, 11) is 3.49. The Morgan fingerprint density at radius 1 is 1.38 bits per heavy atom. The summed E-state index contributed by atoms with van der Waals surface area (Å²) in [6.45, 7) is 9.77. The van der Waals surface area contributed by atoms with Gasteiger partial charge in [-0.3, -0.25) is 4.79 Å². The number of amides is 1. The van der Waals surface area contributed by atoms with Crippen LogP contribution in [0, 0.1) is 5.41 Å². The second kappa shape index (κ2) is 9.67. The number of nitrogens with one attached hydrogen (secondary N) is 2. The molecule has 24 heavy (non-hydrogen) atoms. The molecule has 1 heterocycles. The van der Waals surface area contributed by atoms with E-state index in [2.05, 4.69) is 54.8 Å². The van der Waals surface area contributed by atoms with Crippen molar-refractivity contribution in [3.63, 3.8) is 0 Å². The molecule has 0 spiro atoms. The van der Waals surface area contributed by atoms with E-state index in [1.165, 1.54) is 4.88 Å². The molecule has 0 radical (unpaired) electrons. The molecule has 136 valence electrons. The van der Waals surface area contributed by atoms with Gasteiger partial charge >= 0.3 is 0 Å². The fourth-order valence-electron chi connectivity index (χ4n) is 1.98. The van der Waals surface area contributed by atoms with Crippen LogP contribution in [0.2, 0.25) is 0 Å². The zero-order chi connectivity index (χ0) is 18.2. The lowest BCUT2D eigenvalue weighted by molar-refractivity contribution is -0.127. The van der Waals surface area contributed by atoms with E-state index in [1.54, 1.807) is 30.3 Å². The number of carbonyl (C=O) groups is 1. The van der Waals surface area contributed by atoms with Crippen molar-refractivity contribution in [1.29, 1.82) is 0 Å². The second-order valence-corrected chi connectivity index (χ2v) is 8.56. The summed E-state index contributed by atoms with van der Waals surface area (Å²) >= 11 is 1.71. The van der Waals surface area contributed by atoms with Crippen molar-refractivity contribution >= 4 is 23.2 Å². The summed E-state index contributed by atoms with van der Waals surface area (Å²) in [4.78, 5) is 19.0. The van der Waals surface area contributed by atoms with E-state index < -0.39 is 0 Å². The SMILES string of the molecule is CC(CCC(C)(C)C)NC(=NCC(=O)N(C)C)NCc1cccs1. The third-order valence-electron chi connectivity index (χ3n) is 3.59. The van der Waals surface area contributed by atoms with Crippen LogP contribution in [-0.4, -0.2) is 43.4 Å². The fraction of sp³-hybridized carbons (Fsp3) is 0.667. The highest BCUT2D eigenvalue weighted by atomic mass is 32.1. The van der Waals surface area contributed by atoms with Gasteiger partial charge < -0.3 is 15.5 Å². The van der Waals surface area contributed by atoms with Gasteiger partial charge in [-0.15, -0.1) is 11.3 Å². The molecule has 0 saturated heterocycles. The number of likely N-dealkylation sites (N-methyl/N-ethyl adjacent to an activating group) is 1. The fourth-order valence-corrected chi connectivity index (χ4v) is 2.62. The van der Waals surface area contributed by atoms with Crippen LogP contribution in [-0.2, 0) is 11.3 Å². The van der Waals surface area contributed by atoms with E-state index in [-0.39, 0.29) is 12.5 Å². The number of nitrogens with zero attached hydrogens (tertiary/aromatic N) is 2. The van der Waals surface area contributed by atoms with E-state index in [0.717, 1.165) is 12.8 Å². The van der Waals surface area contributed by atoms with Gasteiger partial charge in [-0.05, 0) is 36.6 Å². The molecular weight excluding hydrogens is 320 g/mol. The molecule has 1 atom stereocenters. The lowest BCUT2D eigenvalue weighted by Gasteiger charge is -2.23. The highest BCUT2D eigenvalue weighted by Gasteiger charge is 2.14. The molecule has 1 aromatic heterocycles. The van der Waals surface area contributed by atoms with Crippen molar-refractivity contribution in [2.75, 3.05) is 20.6 Å². The Hall–Kier alpha value is -1.56. The van der Waals surface area contributed by atoms with Crippen molar-refractivity contribution in [2.24, 2.45) is 10.4 Å². The number of hydrogen-bond donors (Lipinski definition) is 2. The van der Waals surface area contributed by atoms with Gasteiger partial charge in [0, 0.05) is 25.0 Å². The van der Waals surface area contributed by atoms with Crippen molar-refractivity contribution in [2.45, 2.75) is 53.1 Å². The summed E-state index contributed by atoms with van der Waals surface area (Å²) < 4.78 is 0. The molecule has 1 amide bonds. The van der Waals surface area contributed by atoms with Crippen LogP contribution in [0.15, 0.2) is 22.5 Å². The van der Waals surface area contributed by atoms with Crippen molar-refractivity contribution in [1.82, 2.24) is 15.5 Å². The van der Waals surface area contributed by atoms with Gasteiger partial charge in [-0.2, -0.15) is 0 Å². The Bertz CT molecular complexity index is 518. The van der Waals surface area contributed by atoms with Crippen LogP contribution in [0.3, 0.4) is 0 Å². The molecule has 0 aromatic carbocycles. The molecule has 0 saturated carbocycles. The van der Waals surface area contributed by atoms with E-state index in [4.69, 9.17) is 0 Å². The Kier molecular flexibility index (Phi) is 8.25. The second-order valence-electron chi connectivity index (χ2n) is 7.53. The largest absolute Gasteiger partial charge is 0.354 e. The smallest absolute Gasteiger partial charge is 0.243 e. The third kappa shape index (κ3) is 8.91. The minimum atomic E-state index is -0.00503. The van der Waals surface area contributed by atoms with Crippen LogP contribution in [0.4, 0.5) is 0 Å². The Balaban J connectivity index is 2.61. The number of rotatable bonds is 7. The van der Waals surface area contributed by atoms with Crippen LogP contribution >= 0.6 is 11.3 Å². The molecular formula is C18H32N4OS. The van der Waals surface area contributed by atoms with E-state index in [0.29, 0.717) is 24.0 Å². The van der Waals surface area contributed by atoms with E-state index in [1.807, 2.05) is 6.07 Å². The highest BCUT2D eigenvalue weighted by Crippen LogP contribution is 2.21. The lowest BCUT2D eigenvalue weighted by atomic mass is 9.89. The number of aliphatic imine (C=N–C) groups is 1. The van der Waals surface area contributed by atoms with Gasteiger partial charge in [0.1, 0.15) is 6.54 Å². The monoisotopic (exact) mass is 352 g/mol. The normalized spacial score (nSPS) is 13.5. The maximum atomic E-state index is 11.8. The molecule has 0 fully saturated rings. The Morgan fingerprint density at radius 2 is 2.08 bits per heavy atom. The first kappa shape index (κ1) is 20.5. The molecule has 0 bridgehead atoms. The predicted molar refractivity (Wildman–Crippen MR) is 103 cm³/mol. The highest BCUT2D eigenvalue weighted by molar-refractivity contribution is 7.09. The van der Waals surface area contributed by atoms with Crippen molar-refractivity contribution < 1.29 is 4.79 Å². The summed E-state index contributed by atoms with van der Waals surface area (Å²) in [6.07, 6.45) is 2.20. The first-order chi connectivity index (χ1) is 11.2. The zero-order valence-corrected chi connectivity index (χ0v) is 16.7. The topological polar surface area (TPSA) is 56.7 Å². The van der Waals surface area contributed by atoms with Gasteiger partial charge in [0.25, 0.3) is 0 Å². The molecule has 1 rings (SSSR count). The van der Waals surface area contributed by atoms with E-state index in [9.17, 15) is 4.79 Å². The molecule has 1 unspecified atom stereocenters. The average molecular weight is 353 g/mol. The van der Waals surface area contributed by atoms with Crippen LogP contribution in [0.1, 0.15) is 45.4 Å². The lowest BCUT2D eigenvalue weighted by Crippen LogP contribution is -2.42. The van der Waals surface area contributed by atoms with Crippen LogP contribution in [0.5, 0.6) is 0 Å². The van der Waals surface area contributed by atoms with Crippen molar-refractivity contribution in [3.05, 3.63) is 22.4 Å². The minimum Gasteiger partial charge on any atom is -0.354 e. The maximum Gasteiger partial charge on any atom is 0.243 e. The van der Waals surface area contributed by atoms with Gasteiger partial charge in [0.2, 0.25) is 5.91 Å². The van der Waals surface area contributed by atoms with Gasteiger partial charge in [-0.1, -0.05) is 26.8 Å². The number of guanidine groups is 1. The minimum absolute atomic E-state index is 0.00503. The maximum absolute atomic E-state index is 11.8. The third-order valence-corrected chi connectivity index (χ3v) is 4.47. The van der Waals surface area contributed by atoms with E-state index >= 15 is 0 Å². The summed E-state index contributed by atoms with van der Waals surface area (Å²) in [5.74, 6) is 0.689. The summed E-state index contributed by atoms with van der Waals surface area (Å²) in [5.41, 5.74) is 0.318. The Morgan fingerprint density at radius 3 is 2.62 bits per heavy atom. The molecule has 0 aliphatic rings. The number of hydrogen-bond acceptors (Lipinski definition) is 3. The van der Waals surface area contributed by atoms with Crippen LogP contribution in [0.25, 0.3) is 0 Å².